The summed E-state index contributed by atoms with van der Waals surface area (Å²) in [5, 5.41) is 0. The van der Waals surface area contributed by atoms with Crippen LogP contribution in [0.25, 0.3) is 0 Å². The van der Waals surface area contributed by atoms with Crippen molar-refractivity contribution in [2.24, 2.45) is 17.6 Å². The average molecular weight is 543 g/mol. The standard InChI is InChI=1S/C34H43N3O3/c1-5-36(22-26-21-27(39-3)17-18-30(26)40-4)32-28-19-20-37(6-2,23-29(28)34(35)38)33(32)31(24-13-9-7-10-14-24)25-15-11-8-12-16-25/h7-18,21,28-29,31-33H,5-6,19-20,22-23H2,1-4H3,(H-,35,38)/p+1/t28-,29-,32-,33-,37?/m0/s1. The van der Waals surface area contributed by atoms with Crippen LogP contribution in [0.4, 0.5) is 0 Å². The molecule has 1 amide bonds. The number of quaternary nitrogens is 1. The Morgan fingerprint density at radius 1 is 0.975 bits per heavy atom. The lowest BCUT2D eigenvalue weighted by Gasteiger charge is -2.63. The van der Waals surface area contributed by atoms with Crippen LogP contribution in [0.5, 0.6) is 11.5 Å². The molecule has 0 saturated carbocycles. The first-order chi connectivity index (χ1) is 19.5. The number of carbonyl (C=O) groups excluding carboxylic acids is 1. The molecule has 0 aromatic heterocycles. The third-order valence-electron chi connectivity index (χ3n) is 9.75. The van der Waals surface area contributed by atoms with Crippen LogP contribution in [0.15, 0.2) is 78.9 Å². The Balaban J connectivity index is 1.68. The van der Waals surface area contributed by atoms with E-state index in [1.165, 1.54) is 11.1 Å². The van der Waals surface area contributed by atoms with Crippen molar-refractivity contribution in [3.63, 3.8) is 0 Å². The number of amides is 1. The largest absolute Gasteiger partial charge is 0.497 e. The number of hydrogen-bond donors (Lipinski definition) is 1. The Bertz CT molecular complexity index is 1240. The summed E-state index contributed by atoms with van der Waals surface area (Å²) in [4.78, 5) is 15.6. The van der Waals surface area contributed by atoms with Crippen LogP contribution >= 0.6 is 0 Å². The molecule has 2 N–H and O–H groups in total. The number of hydrogen-bond acceptors (Lipinski definition) is 4. The van der Waals surface area contributed by atoms with Gasteiger partial charge in [-0.05, 0) is 42.8 Å². The summed E-state index contributed by atoms with van der Waals surface area (Å²) in [6.45, 7) is 8.94. The third-order valence-corrected chi connectivity index (χ3v) is 9.75. The third kappa shape index (κ3) is 5.11. The van der Waals surface area contributed by atoms with Crippen LogP contribution in [0.3, 0.4) is 0 Å². The minimum absolute atomic E-state index is 0.136. The van der Waals surface area contributed by atoms with E-state index in [1.54, 1.807) is 14.2 Å². The number of carbonyl (C=O) groups is 1. The topological polar surface area (TPSA) is 64.8 Å². The Morgan fingerprint density at radius 2 is 1.62 bits per heavy atom. The summed E-state index contributed by atoms with van der Waals surface area (Å²) in [5.41, 5.74) is 9.89. The van der Waals surface area contributed by atoms with Gasteiger partial charge in [-0.2, -0.15) is 0 Å². The normalized spacial score (nSPS) is 25.8. The van der Waals surface area contributed by atoms with Gasteiger partial charge in [-0.3, -0.25) is 9.69 Å². The Morgan fingerprint density at radius 3 is 2.15 bits per heavy atom. The lowest BCUT2D eigenvalue weighted by atomic mass is 9.64. The molecule has 3 aromatic carbocycles. The van der Waals surface area contributed by atoms with Gasteiger partial charge in [0.15, 0.2) is 0 Å². The smallest absolute Gasteiger partial charge is 0.226 e. The summed E-state index contributed by atoms with van der Waals surface area (Å²) in [5.74, 6) is 1.76. The summed E-state index contributed by atoms with van der Waals surface area (Å²) in [7, 11) is 3.42. The first-order valence-electron chi connectivity index (χ1n) is 14.7. The lowest BCUT2D eigenvalue weighted by Crippen LogP contribution is -2.77. The predicted molar refractivity (Wildman–Crippen MR) is 159 cm³/mol. The molecule has 5 atom stereocenters. The number of methoxy groups -OCH3 is 2. The second kappa shape index (κ2) is 12.0. The zero-order valence-electron chi connectivity index (χ0n) is 24.3. The number of likely N-dealkylation sites (N-methyl/N-ethyl adjacent to an activating group) is 2. The van der Waals surface area contributed by atoms with Gasteiger partial charge in [0.1, 0.15) is 17.5 Å². The highest BCUT2D eigenvalue weighted by Crippen LogP contribution is 2.50. The van der Waals surface area contributed by atoms with Crippen molar-refractivity contribution >= 4 is 5.91 Å². The fraction of sp³-hybridized carbons (Fsp3) is 0.441. The number of ether oxygens (including phenoxy) is 2. The van der Waals surface area contributed by atoms with E-state index in [0.29, 0.717) is 6.54 Å². The molecule has 6 nitrogen and oxygen atoms in total. The van der Waals surface area contributed by atoms with E-state index in [0.717, 1.165) is 54.1 Å². The van der Waals surface area contributed by atoms with Crippen LogP contribution in [0, 0.1) is 11.8 Å². The molecular weight excluding hydrogens is 498 g/mol. The van der Waals surface area contributed by atoms with Crippen molar-refractivity contribution in [1.82, 2.24) is 4.90 Å². The van der Waals surface area contributed by atoms with Gasteiger partial charge in [0.2, 0.25) is 5.91 Å². The van der Waals surface area contributed by atoms with Gasteiger partial charge >= 0.3 is 0 Å². The molecule has 6 heteroatoms. The van der Waals surface area contributed by atoms with Crippen LogP contribution in [0.1, 0.15) is 42.9 Å². The molecule has 3 heterocycles. The van der Waals surface area contributed by atoms with Crippen molar-refractivity contribution in [3.05, 3.63) is 95.6 Å². The number of fused-ring (bicyclic) bond motifs is 3. The number of rotatable bonds is 11. The molecule has 3 aliphatic heterocycles. The second-order valence-corrected chi connectivity index (χ2v) is 11.4. The quantitative estimate of drug-likeness (QED) is 0.344. The molecule has 3 fully saturated rings. The zero-order valence-corrected chi connectivity index (χ0v) is 24.3. The molecule has 3 saturated heterocycles. The Labute approximate surface area is 239 Å². The van der Waals surface area contributed by atoms with Gasteiger partial charge in [-0.15, -0.1) is 0 Å². The van der Waals surface area contributed by atoms with E-state index < -0.39 is 0 Å². The van der Waals surface area contributed by atoms with Crippen molar-refractivity contribution in [2.45, 2.75) is 44.8 Å². The number of piperidine rings is 3. The number of benzene rings is 3. The molecule has 3 aliphatic rings. The van der Waals surface area contributed by atoms with Crippen LogP contribution in [-0.2, 0) is 11.3 Å². The molecular formula is C34H44N3O3+. The zero-order chi connectivity index (χ0) is 28.3. The van der Waals surface area contributed by atoms with E-state index >= 15 is 0 Å². The fourth-order valence-electron chi connectivity index (χ4n) is 7.84. The maximum atomic E-state index is 13.0. The summed E-state index contributed by atoms with van der Waals surface area (Å²) in [6, 6.07) is 28.3. The van der Waals surface area contributed by atoms with Gasteiger partial charge in [-0.1, -0.05) is 67.6 Å². The van der Waals surface area contributed by atoms with Crippen molar-refractivity contribution in [1.29, 1.82) is 0 Å². The van der Waals surface area contributed by atoms with Gasteiger partial charge in [0.25, 0.3) is 0 Å². The maximum absolute atomic E-state index is 13.0. The number of primary amides is 1. The first kappa shape index (κ1) is 28.2. The van der Waals surface area contributed by atoms with E-state index in [1.807, 2.05) is 12.1 Å². The molecule has 1 unspecified atom stereocenters. The summed E-state index contributed by atoms with van der Waals surface area (Å²) >= 11 is 0. The molecule has 0 spiro atoms. The highest BCUT2D eigenvalue weighted by Gasteiger charge is 2.62. The summed E-state index contributed by atoms with van der Waals surface area (Å²) < 4.78 is 12.3. The van der Waals surface area contributed by atoms with Gasteiger partial charge in [0, 0.05) is 24.4 Å². The average Bonchev–Trinajstić information content (AvgIpc) is 3.01. The lowest BCUT2D eigenvalue weighted by molar-refractivity contribution is -0.971. The number of nitrogens with two attached hydrogens (primary N) is 1. The molecule has 0 aliphatic carbocycles. The summed E-state index contributed by atoms with van der Waals surface area (Å²) in [6.07, 6.45) is 1.00. The highest BCUT2D eigenvalue weighted by molar-refractivity contribution is 5.77. The van der Waals surface area contributed by atoms with Crippen molar-refractivity contribution < 1.29 is 18.8 Å². The van der Waals surface area contributed by atoms with Gasteiger partial charge in [-0.25, -0.2) is 0 Å². The van der Waals surface area contributed by atoms with Crippen LogP contribution in [-0.4, -0.2) is 67.8 Å². The SMILES string of the molecule is CCN(Cc1cc(OC)ccc1OC)[C@H]1[C@H]2CC[N+](CC)(C[C@@H]2C(N)=O)[C@H]1C(c1ccccc1)c1ccccc1. The molecule has 40 heavy (non-hydrogen) atoms. The van der Waals surface area contributed by atoms with E-state index in [9.17, 15) is 4.79 Å². The van der Waals surface area contributed by atoms with Crippen molar-refractivity contribution in [3.8, 4) is 11.5 Å². The molecule has 212 valence electrons. The van der Waals surface area contributed by atoms with Crippen LogP contribution in [0.2, 0.25) is 0 Å². The van der Waals surface area contributed by atoms with E-state index in [-0.39, 0.29) is 35.7 Å². The fourth-order valence-corrected chi connectivity index (χ4v) is 7.84. The monoisotopic (exact) mass is 542 g/mol. The molecule has 2 bridgehead atoms. The van der Waals surface area contributed by atoms with E-state index in [4.69, 9.17) is 15.2 Å². The molecule has 6 rings (SSSR count). The molecule has 0 radical (unpaired) electrons. The van der Waals surface area contributed by atoms with Crippen molar-refractivity contribution in [2.75, 3.05) is 40.4 Å². The first-order valence-corrected chi connectivity index (χ1v) is 14.7. The number of nitrogens with zero attached hydrogens (tertiary/aromatic N) is 2. The minimum atomic E-state index is -0.157. The van der Waals surface area contributed by atoms with E-state index in [2.05, 4.69) is 85.5 Å². The minimum Gasteiger partial charge on any atom is -0.497 e. The Kier molecular flexibility index (Phi) is 8.48. The Hall–Kier alpha value is -3.35. The van der Waals surface area contributed by atoms with Gasteiger partial charge < -0.3 is 19.7 Å². The molecule has 3 aromatic rings. The predicted octanol–water partition coefficient (Wildman–Crippen LogP) is 5.07. The highest BCUT2D eigenvalue weighted by atomic mass is 16.5. The maximum Gasteiger partial charge on any atom is 0.226 e. The second-order valence-electron chi connectivity index (χ2n) is 11.4. The van der Waals surface area contributed by atoms with Gasteiger partial charge in [0.05, 0.1) is 51.7 Å². The van der Waals surface area contributed by atoms with Crippen LogP contribution < -0.4 is 15.2 Å².